The third kappa shape index (κ3) is 4.45. The number of thiophene rings is 1. The summed E-state index contributed by atoms with van der Waals surface area (Å²) in [5.74, 6) is -5.69. The van der Waals surface area contributed by atoms with Gasteiger partial charge in [0.2, 0.25) is 23.6 Å². The van der Waals surface area contributed by atoms with Crippen LogP contribution in [0.4, 0.5) is 10.6 Å². The van der Waals surface area contributed by atoms with Crippen LogP contribution in [0.3, 0.4) is 0 Å². The Balaban J connectivity index is 1.20. The summed E-state index contributed by atoms with van der Waals surface area (Å²) < 4.78 is 7.38. The minimum absolute atomic E-state index is 0.0676. The largest absolute Gasteiger partial charge is 0.507 e. The van der Waals surface area contributed by atoms with Crippen molar-refractivity contribution in [2.24, 2.45) is 36.1 Å². The zero-order valence-corrected chi connectivity index (χ0v) is 30.7. The molecule has 5 aromatic rings. The molecule has 11 nitrogen and oxygen atoms in total. The zero-order valence-electron chi connectivity index (χ0n) is 29.1. The number of halogens is 1. The van der Waals surface area contributed by atoms with Gasteiger partial charge in [-0.15, -0.1) is 11.3 Å². The number of imide groups is 4. The highest BCUT2D eigenvalue weighted by atomic mass is 35.5. The van der Waals surface area contributed by atoms with Crippen molar-refractivity contribution in [3.8, 4) is 16.3 Å². The molecule has 4 heterocycles. The van der Waals surface area contributed by atoms with Crippen LogP contribution in [0.15, 0.2) is 72.3 Å². The van der Waals surface area contributed by atoms with E-state index in [-0.39, 0.29) is 18.6 Å². The molecule has 13 heteroatoms. The van der Waals surface area contributed by atoms with E-state index in [2.05, 4.69) is 0 Å². The van der Waals surface area contributed by atoms with E-state index in [4.69, 9.17) is 21.4 Å². The number of amides is 5. The van der Waals surface area contributed by atoms with Crippen molar-refractivity contribution in [2.75, 3.05) is 12.0 Å². The molecule has 0 spiro atoms. The summed E-state index contributed by atoms with van der Waals surface area (Å²) in [4.78, 5) is 72.9. The number of phenols is 1. The lowest BCUT2D eigenvalue weighted by Crippen LogP contribution is -2.49. The number of anilines is 1. The van der Waals surface area contributed by atoms with E-state index in [1.54, 1.807) is 47.3 Å². The molecule has 3 fully saturated rings. The second kappa shape index (κ2) is 11.6. The maximum absolute atomic E-state index is 15.2. The number of fused-ring (bicyclic) bond motifs is 6. The molecule has 1 saturated carbocycles. The zero-order chi connectivity index (χ0) is 37.2. The molecule has 6 unspecified atom stereocenters. The number of nitrogens with zero attached hydrogens (tertiary/aromatic N) is 4. The van der Waals surface area contributed by atoms with Gasteiger partial charge in [-0.2, -0.15) is 10.00 Å². The number of likely N-dealkylation sites (tertiary alicyclic amines) is 1. The van der Waals surface area contributed by atoms with E-state index in [9.17, 15) is 24.3 Å². The number of methoxy groups -OCH3 is 1. The Morgan fingerprint density at radius 3 is 2.49 bits per heavy atom. The highest BCUT2D eigenvalue weighted by molar-refractivity contribution is 7.22. The standard InChI is InChI=1S/C40H33ClN4O7S/c1-18-25-15-19(41)9-14-30(25)53-34(18)28-17-31(43(3)42-28)44-36(48)27-16-26-23(10-11-24-32(26)37(49)45(35(24)47)39(51)52-4)33(40(27,2)38(44)50)22-12-13-29(46)21-8-6-5-7-20(21)22/h5-10,12-15,17,24,26-27,32-33,46H,11,16H2,1-4H3. The van der Waals surface area contributed by atoms with Crippen molar-refractivity contribution in [2.45, 2.75) is 32.6 Å². The molecule has 6 atom stereocenters. The fourth-order valence-corrected chi connectivity index (χ4v) is 10.9. The summed E-state index contributed by atoms with van der Waals surface area (Å²) in [5.41, 5.74) is 1.75. The lowest BCUT2D eigenvalue weighted by atomic mass is 9.51. The second-order valence-electron chi connectivity index (χ2n) is 14.6. The number of aromatic nitrogens is 2. The van der Waals surface area contributed by atoms with E-state index in [1.807, 2.05) is 56.3 Å². The van der Waals surface area contributed by atoms with Crippen molar-refractivity contribution in [1.29, 1.82) is 0 Å². The molecule has 2 saturated heterocycles. The lowest BCUT2D eigenvalue weighted by Gasteiger charge is -2.49. The number of carbonyl (C=O) groups excluding carboxylic acids is 5. The van der Waals surface area contributed by atoms with Gasteiger partial charge in [-0.25, -0.2) is 9.69 Å². The summed E-state index contributed by atoms with van der Waals surface area (Å²) in [6, 6.07) is 18.2. The first kappa shape index (κ1) is 33.5. The van der Waals surface area contributed by atoms with Gasteiger partial charge in [0.15, 0.2) is 0 Å². The lowest BCUT2D eigenvalue weighted by molar-refractivity contribution is -0.138. The Labute approximate surface area is 312 Å². The molecule has 53 heavy (non-hydrogen) atoms. The van der Waals surface area contributed by atoms with E-state index < -0.39 is 64.7 Å². The van der Waals surface area contributed by atoms with E-state index in [1.165, 1.54) is 4.90 Å². The molecule has 268 valence electrons. The molecule has 0 radical (unpaired) electrons. The van der Waals surface area contributed by atoms with Gasteiger partial charge in [0.05, 0.1) is 35.2 Å². The third-order valence-electron chi connectivity index (χ3n) is 12.1. The molecular weight excluding hydrogens is 716 g/mol. The van der Waals surface area contributed by atoms with Gasteiger partial charge in [-0.05, 0) is 78.8 Å². The Morgan fingerprint density at radius 2 is 1.74 bits per heavy atom. The Hall–Kier alpha value is -5.33. The summed E-state index contributed by atoms with van der Waals surface area (Å²) in [5, 5.41) is 18.6. The average Bonchev–Trinajstić information content (AvgIpc) is 3.82. The number of aryl methyl sites for hydroxylation is 2. The van der Waals surface area contributed by atoms with Crippen LogP contribution in [0, 0.1) is 36.0 Å². The van der Waals surface area contributed by atoms with Gasteiger partial charge in [-0.3, -0.25) is 23.9 Å². The first-order valence-corrected chi connectivity index (χ1v) is 18.5. The molecule has 0 bridgehead atoms. The number of hydrogen-bond acceptors (Lipinski definition) is 9. The van der Waals surface area contributed by atoms with Gasteiger partial charge >= 0.3 is 6.09 Å². The Bertz CT molecular complexity index is 2540. The molecule has 4 aliphatic rings. The molecule has 1 N–H and O–H groups in total. The van der Waals surface area contributed by atoms with E-state index >= 15 is 4.79 Å². The molecule has 2 aromatic heterocycles. The molecule has 2 aliphatic carbocycles. The molecular formula is C40H33ClN4O7S. The number of benzene rings is 3. The van der Waals surface area contributed by atoms with Crippen LogP contribution in [-0.4, -0.2) is 56.6 Å². The van der Waals surface area contributed by atoms with Crippen LogP contribution in [0.5, 0.6) is 5.75 Å². The molecule has 9 rings (SSSR count). The van der Waals surface area contributed by atoms with Gasteiger partial charge in [0.1, 0.15) is 17.3 Å². The fraction of sp³-hybridized carbons (Fsp3) is 0.300. The minimum atomic E-state index is -1.32. The SMILES string of the molecule is COC(=O)N1C(=O)C2CC=C3C(CC4C(=O)N(c5cc(-c6sc7ccc(Cl)cc7c6C)nn5C)C(=O)C4(C)C3c3ccc(O)c4ccccc34)C2C1=O. The first-order valence-electron chi connectivity index (χ1n) is 17.3. The number of aromatic hydroxyl groups is 1. The maximum atomic E-state index is 15.2. The third-order valence-corrected chi connectivity index (χ3v) is 13.6. The number of rotatable bonds is 3. The predicted molar refractivity (Wildman–Crippen MR) is 198 cm³/mol. The Morgan fingerprint density at radius 1 is 0.981 bits per heavy atom. The van der Waals surface area contributed by atoms with Crippen LogP contribution in [-0.2, 0) is 31.0 Å². The minimum Gasteiger partial charge on any atom is -0.507 e. The van der Waals surface area contributed by atoms with Crippen LogP contribution in [0.1, 0.15) is 36.8 Å². The monoisotopic (exact) mass is 748 g/mol. The number of phenolic OH excluding ortho intramolecular Hbond substituents is 1. The maximum Gasteiger partial charge on any atom is 0.423 e. The van der Waals surface area contributed by atoms with Gasteiger partial charge in [-0.1, -0.05) is 53.6 Å². The first-order chi connectivity index (χ1) is 25.4. The van der Waals surface area contributed by atoms with E-state index in [0.29, 0.717) is 32.2 Å². The normalized spacial score (nSPS) is 26.7. The average molecular weight is 749 g/mol. The topological polar surface area (TPSA) is 139 Å². The molecule has 2 aliphatic heterocycles. The Kier molecular flexibility index (Phi) is 7.32. The van der Waals surface area contributed by atoms with Crippen molar-refractivity contribution in [3.05, 3.63) is 88.5 Å². The van der Waals surface area contributed by atoms with Gasteiger partial charge in [0.25, 0.3) is 0 Å². The van der Waals surface area contributed by atoms with Crippen LogP contribution >= 0.6 is 22.9 Å². The second-order valence-corrected chi connectivity index (χ2v) is 16.1. The van der Waals surface area contributed by atoms with Crippen LogP contribution in [0.25, 0.3) is 31.4 Å². The number of carbonyl (C=O) groups is 5. The van der Waals surface area contributed by atoms with Crippen molar-refractivity contribution in [1.82, 2.24) is 14.7 Å². The number of hydrogen-bond donors (Lipinski definition) is 1. The highest BCUT2D eigenvalue weighted by Crippen LogP contribution is 2.64. The van der Waals surface area contributed by atoms with Crippen molar-refractivity contribution >= 4 is 79.3 Å². The fourth-order valence-electron chi connectivity index (χ4n) is 9.62. The summed E-state index contributed by atoms with van der Waals surface area (Å²) in [6.45, 7) is 3.80. The number of allylic oxidation sites excluding steroid dienone is 2. The summed E-state index contributed by atoms with van der Waals surface area (Å²) in [7, 11) is 2.82. The van der Waals surface area contributed by atoms with E-state index in [0.717, 1.165) is 38.8 Å². The summed E-state index contributed by atoms with van der Waals surface area (Å²) >= 11 is 7.86. The molecule has 5 amide bonds. The van der Waals surface area contributed by atoms with Gasteiger partial charge in [0, 0.05) is 34.1 Å². The smallest absolute Gasteiger partial charge is 0.423 e. The van der Waals surface area contributed by atoms with Gasteiger partial charge < -0.3 is 9.84 Å². The number of ether oxygens (including phenoxy) is 1. The quantitative estimate of drug-likeness (QED) is 0.152. The van der Waals surface area contributed by atoms with Crippen molar-refractivity contribution in [3.63, 3.8) is 0 Å². The predicted octanol–water partition coefficient (Wildman–Crippen LogP) is 7.12. The summed E-state index contributed by atoms with van der Waals surface area (Å²) in [6.07, 6.45) is 1.18. The molecule has 3 aromatic carbocycles. The van der Waals surface area contributed by atoms with Crippen LogP contribution < -0.4 is 4.90 Å². The van der Waals surface area contributed by atoms with Crippen LogP contribution in [0.2, 0.25) is 5.02 Å². The van der Waals surface area contributed by atoms with Crippen molar-refractivity contribution < 1.29 is 33.8 Å². The highest BCUT2D eigenvalue weighted by Gasteiger charge is 2.68.